The Hall–Kier alpha value is -0.510. The van der Waals surface area contributed by atoms with Crippen LogP contribution in [0.5, 0.6) is 0 Å². The normalized spacial score (nSPS) is 10.7. The number of aryl methyl sites for hydroxylation is 2. The van der Waals surface area contributed by atoms with Gasteiger partial charge in [-0.15, -0.1) is 11.3 Å². The SMILES string of the molecule is CCc1ccc(NCc2cc(Br)c(Cl)s2)cc1C. The number of anilines is 1. The zero-order valence-corrected chi connectivity index (χ0v) is 13.5. The number of nitrogens with one attached hydrogen (secondary N) is 1. The second kappa shape index (κ2) is 6.09. The molecule has 1 aromatic heterocycles. The summed E-state index contributed by atoms with van der Waals surface area (Å²) in [6, 6.07) is 8.58. The highest BCUT2D eigenvalue weighted by Gasteiger charge is 2.04. The topological polar surface area (TPSA) is 12.0 Å². The molecule has 0 radical (unpaired) electrons. The van der Waals surface area contributed by atoms with Crippen LogP contribution in [0.2, 0.25) is 4.34 Å². The van der Waals surface area contributed by atoms with Crippen LogP contribution < -0.4 is 5.32 Å². The third-order valence-electron chi connectivity index (χ3n) is 2.89. The van der Waals surface area contributed by atoms with E-state index in [-0.39, 0.29) is 0 Å². The van der Waals surface area contributed by atoms with E-state index in [2.05, 4.69) is 59.4 Å². The molecule has 1 N–H and O–H groups in total. The summed E-state index contributed by atoms with van der Waals surface area (Å²) in [5.41, 5.74) is 3.90. The van der Waals surface area contributed by atoms with Crippen LogP contribution in [0.15, 0.2) is 28.7 Å². The fourth-order valence-corrected chi connectivity index (χ4v) is 3.60. The molecule has 0 spiro atoms. The predicted octanol–water partition coefficient (Wildman–Crippen LogP) is 5.65. The Morgan fingerprint density at radius 2 is 2.11 bits per heavy atom. The maximum Gasteiger partial charge on any atom is 0.107 e. The molecule has 0 saturated carbocycles. The average Bonchev–Trinajstić information content (AvgIpc) is 2.66. The predicted molar refractivity (Wildman–Crippen MR) is 84.9 cm³/mol. The van der Waals surface area contributed by atoms with E-state index >= 15 is 0 Å². The maximum atomic E-state index is 6.02. The number of thiophene rings is 1. The van der Waals surface area contributed by atoms with Gasteiger partial charge in [0.1, 0.15) is 4.34 Å². The van der Waals surface area contributed by atoms with E-state index < -0.39 is 0 Å². The van der Waals surface area contributed by atoms with Crippen molar-refractivity contribution in [3.63, 3.8) is 0 Å². The molecule has 96 valence electrons. The highest BCUT2D eigenvalue weighted by atomic mass is 79.9. The Kier molecular flexibility index (Phi) is 4.71. The largest absolute Gasteiger partial charge is 0.380 e. The molecule has 0 aliphatic heterocycles. The quantitative estimate of drug-likeness (QED) is 0.756. The van der Waals surface area contributed by atoms with E-state index in [1.807, 2.05) is 0 Å². The molecule has 2 rings (SSSR count). The van der Waals surface area contributed by atoms with Gasteiger partial charge in [0.25, 0.3) is 0 Å². The summed E-state index contributed by atoms with van der Waals surface area (Å²) in [6.07, 6.45) is 1.08. The molecule has 1 heterocycles. The van der Waals surface area contributed by atoms with E-state index in [0.717, 1.165) is 27.5 Å². The van der Waals surface area contributed by atoms with Crippen LogP contribution in [0.4, 0.5) is 5.69 Å². The fourth-order valence-electron chi connectivity index (χ4n) is 1.87. The van der Waals surface area contributed by atoms with Gasteiger partial charge in [-0.3, -0.25) is 0 Å². The first-order valence-corrected chi connectivity index (χ1v) is 7.86. The van der Waals surface area contributed by atoms with E-state index in [9.17, 15) is 0 Å². The van der Waals surface area contributed by atoms with Crippen molar-refractivity contribution in [3.05, 3.63) is 49.1 Å². The highest BCUT2D eigenvalue weighted by molar-refractivity contribution is 9.10. The van der Waals surface area contributed by atoms with Gasteiger partial charge in [0.15, 0.2) is 0 Å². The Morgan fingerprint density at radius 3 is 2.67 bits per heavy atom. The lowest BCUT2D eigenvalue weighted by atomic mass is 10.1. The maximum absolute atomic E-state index is 6.02. The van der Waals surface area contributed by atoms with Gasteiger partial charge in [-0.2, -0.15) is 0 Å². The highest BCUT2D eigenvalue weighted by Crippen LogP contribution is 2.32. The van der Waals surface area contributed by atoms with Gasteiger partial charge in [0.2, 0.25) is 0 Å². The zero-order chi connectivity index (χ0) is 13.1. The van der Waals surface area contributed by atoms with Crippen LogP contribution in [-0.4, -0.2) is 0 Å². The van der Waals surface area contributed by atoms with E-state index in [1.54, 1.807) is 11.3 Å². The van der Waals surface area contributed by atoms with E-state index in [0.29, 0.717) is 0 Å². The lowest BCUT2D eigenvalue weighted by Crippen LogP contribution is -1.98. The monoisotopic (exact) mass is 343 g/mol. The van der Waals surface area contributed by atoms with Gasteiger partial charge in [-0.25, -0.2) is 0 Å². The minimum Gasteiger partial charge on any atom is -0.380 e. The van der Waals surface area contributed by atoms with Crippen molar-refractivity contribution in [2.75, 3.05) is 5.32 Å². The third kappa shape index (κ3) is 3.28. The lowest BCUT2D eigenvalue weighted by Gasteiger charge is -2.08. The molecule has 4 heteroatoms. The van der Waals surface area contributed by atoms with Crippen LogP contribution in [0.25, 0.3) is 0 Å². The molecule has 0 unspecified atom stereocenters. The molecule has 0 aliphatic rings. The number of hydrogen-bond donors (Lipinski definition) is 1. The molecule has 0 amide bonds. The second-order valence-corrected chi connectivity index (χ2v) is 6.78. The Bertz CT molecular complexity index is 531. The number of halogens is 2. The number of hydrogen-bond acceptors (Lipinski definition) is 2. The molecule has 18 heavy (non-hydrogen) atoms. The van der Waals surface area contributed by atoms with Crippen LogP contribution in [0, 0.1) is 6.92 Å². The Balaban J connectivity index is 2.04. The van der Waals surface area contributed by atoms with Gasteiger partial charge in [-0.1, -0.05) is 24.6 Å². The van der Waals surface area contributed by atoms with Crippen molar-refractivity contribution in [3.8, 4) is 0 Å². The molecule has 0 fully saturated rings. The first kappa shape index (κ1) is 13.9. The van der Waals surface area contributed by atoms with Crippen molar-refractivity contribution in [1.82, 2.24) is 0 Å². The van der Waals surface area contributed by atoms with Gasteiger partial charge >= 0.3 is 0 Å². The molecule has 1 aromatic carbocycles. The van der Waals surface area contributed by atoms with Crippen LogP contribution >= 0.6 is 38.9 Å². The van der Waals surface area contributed by atoms with Crippen LogP contribution in [0.3, 0.4) is 0 Å². The summed E-state index contributed by atoms with van der Waals surface area (Å²) in [5, 5.41) is 3.42. The third-order valence-corrected chi connectivity index (χ3v) is 5.36. The van der Waals surface area contributed by atoms with Crippen molar-refractivity contribution in [2.24, 2.45) is 0 Å². The molecular formula is C14H15BrClNS. The Morgan fingerprint density at radius 1 is 1.33 bits per heavy atom. The van der Waals surface area contributed by atoms with Gasteiger partial charge < -0.3 is 5.32 Å². The summed E-state index contributed by atoms with van der Waals surface area (Å²) in [6.45, 7) is 5.14. The van der Waals surface area contributed by atoms with Crippen molar-refractivity contribution in [2.45, 2.75) is 26.8 Å². The first-order valence-electron chi connectivity index (χ1n) is 5.87. The fraction of sp³-hybridized carbons (Fsp3) is 0.286. The minimum absolute atomic E-state index is 0.806. The standard InChI is InChI=1S/C14H15BrClNS/c1-3-10-4-5-11(6-9(10)2)17-8-12-7-13(15)14(16)18-12/h4-7,17H,3,8H2,1-2H3. The summed E-state index contributed by atoms with van der Waals surface area (Å²) in [7, 11) is 0. The number of rotatable bonds is 4. The minimum atomic E-state index is 0.806. The zero-order valence-electron chi connectivity index (χ0n) is 10.4. The smallest absolute Gasteiger partial charge is 0.107 e. The van der Waals surface area contributed by atoms with Gasteiger partial charge in [0.05, 0.1) is 0 Å². The summed E-state index contributed by atoms with van der Waals surface area (Å²) in [4.78, 5) is 1.23. The summed E-state index contributed by atoms with van der Waals surface area (Å²) in [5.74, 6) is 0. The lowest BCUT2D eigenvalue weighted by molar-refractivity contribution is 1.10. The van der Waals surface area contributed by atoms with Crippen LogP contribution in [0.1, 0.15) is 22.9 Å². The van der Waals surface area contributed by atoms with Crippen molar-refractivity contribution < 1.29 is 0 Å². The van der Waals surface area contributed by atoms with E-state index in [1.165, 1.54) is 16.0 Å². The van der Waals surface area contributed by atoms with Crippen molar-refractivity contribution in [1.29, 1.82) is 0 Å². The van der Waals surface area contributed by atoms with Gasteiger partial charge in [-0.05, 0) is 58.6 Å². The molecule has 0 saturated heterocycles. The molecule has 0 aliphatic carbocycles. The van der Waals surface area contributed by atoms with Crippen molar-refractivity contribution >= 4 is 44.6 Å². The molecule has 2 aromatic rings. The molecule has 0 bridgehead atoms. The molecule has 0 atom stereocenters. The van der Waals surface area contributed by atoms with E-state index in [4.69, 9.17) is 11.6 Å². The second-order valence-electron chi connectivity index (χ2n) is 4.18. The average molecular weight is 345 g/mol. The van der Waals surface area contributed by atoms with Gasteiger partial charge in [0, 0.05) is 21.6 Å². The molecule has 1 nitrogen and oxygen atoms in total. The van der Waals surface area contributed by atoms with Crippen LogP contribution in [-0.2, 0) is 13.0 Å². The molecular weight excluding hydrogens is 330 g/mol. The number of benzene rings is 1. The summed E-state index contributed by atoms with van der Waals surface area (Å²) >= 11 is 11.0. The Labute approximate surface area is 125 Å². The summed E-state index contributed by atoms with van der Waals surface area (Å²) < 4.78 is 1.78. The first-order chi connectivity index (χ1) is 8.60.